The van der Waals surface area contributed by atoms with E-state index < -0.39 is 0 Å². The first kappa shape index (κ1) is 13.3. The molecule has 1 N–H and O–H groups in total. The lowest BCUT2D eigenvalue weighted by atomic mass is 9.98. The number of likely N-dealkylation sites (tertiary alicyclic amines) is 1. The second-order valence-electron chi connectivity index (χ2n) is 5.09. The van der Waals surface area contributed by atoms with Crippen molar-refractivity contribution >= 4 is 17.2 Å². The Balaban J connectivity index is 1.71. The Morgan fingerprint density at radius 3 is 3.20 bits per heavy atom. The topological polar surface area (TPSA) is 61.9 Å². The number of nitrogens with one attached hydrogen (secondary N) is 1. The van der Waals surface area contributed by atoms with E-state index in [0.29, 0.717) is 11.6 Å². The highest BCUT2D eigenvalue weighted by Crippen LogP contribution is 2.29. The molecule has 106 valence electrons. The smallest absolute Gasteiger partial charge is 0.271 e. The first-order valence-electron chi connectivity index (χ1n) is 7.00. The van der Waals surface area contributed by atoms with Gasteiger partial charge in [0, 0.05) is 24.4 Å². The lowest BCUT2D eigenvalue weighted by molar-refractivity contribution is 0.0701. The standard InChI is InChI=1S/C14H18N4OS/c1-2-11-8-20-13(17-11)10-4-3-5-18(7-10)14(19)12-6-15-9-16-12/h6,8-10H,2-5,7H2,1H3,(H,15,16)/t10-/m0/s1. The van der Waals surface area contributed by atoms with E-state index in [4.69, 9.17) is 0 Å². The van der Waals surface area contributed by atoms with Crippen LogP contribution in [0.5, 0.6) is 0 Å². The second kappa shape index (κ2) is 5.75. The Morgan fingerprint density at radius 1 is 1.60 bits per heavy atom. The Hall–Kier alpha value is -1.69. The average Bonchev–Trinajstić information content (AvgIpc) is 3.17. The number of thiazole rings is 1. The molecular formula is C14H18N4OS. The highest BCUT2D eigenvalue weighted by atomic mass is 32.1. The molecule has 1 aliphatic heterocycles. The summed E-state index contributed by atoms with van der Waals surface area (Å²) < 4.78 is 0. The van der Waals surface area contributed by atoms with Crippen LogP contribution in [0.15, 0.2) is 17.9 Å². The number of piperidine rings is 1. The molecule has 0 saturated carbocycles. The van der Waals surface area contributed by atoms with Gasteiger partial charge in [-0.25, -0.2) is 9.97 Å². The third-order valence-corrected chi connectivity index (χ3v) is 4.77. The third kappa shape index (κ3) is 2.60. The molecule has 2 aromatic rings. The maximum atomic E-state index is 12.3. The minimum atomic E-state index is 0.0412. The van der Waals surface area contributed by atoms with Gasteiger partial charge in [-0.3, -0.25) is 4.79 Å². The number of hydrogen-bond donors (Lipinski definition) is 1. The summed E-state index contributed by atoms with van der Waals surface area (Å²) in [6.07, 6.45) is 6.25. The van der Waals surface area contributed by atoms with E-state index in [-0.39, 0.29) is 5.91 Å². The zero-order valence-electron chi connectivity index (χ0n) is 11.5. The minimum absolute atomic E-state index is 0.0412. The summed E-state index contributed by atoms with van der Waals surface area (Å²) in [7, 11) is 0. The van der Waals surface area contributed by atoms with Crippen molar-refractivity contribution < 1.29 is 4.79 Å². The number of amides is 1. The van der Waals surface area contributed by atoms with Crippen LogP contribution in [0.25, 0.3) is 0 Å². The van der Waals surface area contributed by atoms with Crippen LogP contribution >= 0.6 is 11.3 Å². The number of aryl methyl sites for hydroxylation is 1. The summed E-state index contributed by atoms with van der Waals surface area (Å²) in [5.74, 6) is 0.417. The molecular weight excluding hydrogens is 272 g/mol. The molecule has 1 aliphatic rings. The fourth-order valence-electron chi connectivity index (χ4n) is 2.58. The number of nitrogens with zero attached hydrogens (tertiary/aromatic N) is 3. The van der Waals surface area contributed by atoms with Crippen LogP contribution < -0.4 is 0 Å². The Morgan fingerprint density at radius 2 is 2.50 bits per heavy atom. The number of H-pyrrole nitrogens is 1. The van der Waals surface area contributed by atoms with E-state index in [1.165, 1.54) is 5.01 Å². The minimum Gasteiger partial charge on any atom is -0.341 e. The molecule has 20 heavy (non-hydrogen) atoms. The summed E-state index contributed by atoms with van der Waals surface area (Å²) in [6.45, 7) is 3.70. The van der Waals surface area contributed by atoms with Gasteiger partial charge in [0.25, 0.3) is 5.91 Å². The van der Waals surface area contributed by atoms with Gasteiger partial charge < -0.3 is 9.88 Å². The van der Waals surface area contributed by atoms with Crippen LogP contribution in [0.1, 0.15) is 46.9 Å². The fraction of sp³-hybridized carbons (Fsp3) is 0.500. The molecule has 6 heteroatoms. The molecule has 3 heterocycles. The number of hydrogen-bond acceptors (Lipinski definition) is 4. The molecule has 2 aromatic heterocycles. The second-order valence-corrected chi connectivity index (χ2v) is 5.98. The van der Waals surface area contributed by atoms with Crippen LogP contribution in [-0.4, -0.2) is 38.8 Å². The lowest BCUT2D eigenvalue weighted by Gasteiger charge is -2.31. The largest absolute Gasteiger partial charge is 0.341 e. The number of carbonyl (C=O) groups excluding carboxylic acids is 1. The normalized spacial score (nSPS) is 19.2. The van der Waals surface area contributed by atoms with Crippen LogP contribution in [-0.2, 0) is 6.42 Å². The molecule has 1 amide bonds. The van der Waals surface area contributed by atoms with Crippen molar-refractivity contribution in [3.8, 4) is 0 Å². The van der Waals surface area contributed by atoms with Crippen LogP contribution in [0.4, 0.5) is 0 Å². The van der Waals surface area contributed by atoms with Crippen LogP contribution in [0.3, 0.4) is 0 Å². The number of carbonyl (C=O) groups is 1. The van der Waals surface area contributed by atoms with Gasteiger partial charge in [-0.15, -0.1) is 11.3 Å². The molecule has 1 saturated heterocycles. The van der Waals surface area contributed by atoms with E-state index in [1.54, 1.807) is 23.9 Å². The predicted molar refractivity (Wildman–Crippen MR) is 78.0 cm³/mol. The van der Waals surface area contributed by atoms with Crippen molar-refractivity contribution in [2.45, 2.75) is 32.1 Å². The van der Waals surface area contributed by atoms with Gasteiger partial charge in [0.2, 0.25) is 0 Å². The van der Waals surface area contributed by atoms with Crippen LogP contribution in [0, 0.1) is 0 Å². The average molecular weight is 290 g/mol. The number of imidazole rings is 1. The Labute approximate surface area is 122 Å². The highest BCUT2D eigenvalue weighted by molar-refractivity contribution is 7.09. The fourth-order valence-corrected chi connectivity index (χ4v) is 3.61. The summed E-state index contributed by atoms with van der Waals surface area (Å²) in [4.78, 5) is 25.7. The van der Waals surface area contributed by atoms with Gasteiger partial charge in [0.15, 0.2) is 0 Å². The summed E-state index contributed by atoms with van der Waals surface area (Å²) in [5.41, 5.74) is 1.72. The molecule has 0 aliphatic carbocycles. The van der Waals surface area contributed by atoms with Gasteiger partial charge in [0.1, 0.15) is 5.69 Å². The molecule has 0 bridgehead atoms. The molecule has 0 radical (unpaired) electrons. The zero-order chi connectivity index (χ0) is 13.9. The predicted octanol–water partition coefficient (Wildman–Crippen LogP) is 2.45. The SMILES string of the molecule is CCc1csc([C@H]2CCCN(C(=O)c3cnc[nH]3)C2)n1. The number of aromatic amines is 1. The first-order chi connectivity index (χ1) is 9.78. The maximum absolute atomic E-state index is 12.3. The lowest BCUT2D eigenvalue weighted by Crippen LogP contribution is -2.39. The van der Waals surface area contributed by atoms with Gasteiger partial charge in [-0.2, -0.15) is 0 Å². The Bertz CT molecular complexity index is 578. The van der Waals surface area contributed by atoms with E-state index >= 15 is 0 Å². The first-order valence-corrected chi connectivity index (χ1v) is 7.88. The van der Waals surface area contributed by atoms with Crippen molar-refractivity contribution in [1.29, 1.82) is 0 Å². The third-order valence-electron chi connectivity index (χ3n) is 3.72. The van der Waals surface area contributed by atoms with Crippen molar-refractivity contribution in [2.24, 2.45) is 0 Å². The number of rotatable bonds is 3. The monoisotopic (exact) mass is 290 g/mol. The van der Waals surface area contributed by atoms with Gasteiger partial charge in [0.05, 0.1) is 23.2 Å². The quantitative estimate of drug-likeness (QED) is 0.944. The molecule has 0 spiro atoms. The molecule has 0 aromatic carbocycles. The summed E-state index contributed by atoms with van der Waals surface area (Å²) >= 11 is 1.72. The molecule has 1 fully saturated rings. The van der Waals surface area contributed by atoms with Gasteiger partial charge in [-0.05, 0) is 19.3 Å². The van der Waals surface area contributed by atoms with Gasteiger partial charge >= 0.3 is 0 Å². The molecule has 0 unspecified atom stereocenters. The zero-order valence-corrected chi connectivity index (χ0v) is 12.3. The van der Waals surface area contributed by atoms with E-state index in [1.807, 2.05) is 4.90 Å². The van der Waals surface area contributed by atoms with Crippen molar-refractivity contribution in [3.63, 3.8) is 0 Å². The van der Waals surface area contributed by atoms with Crippen molar-refractivity contribution in [1.82, 2.24) is 19.9 Å². The maximum Gasteiger partial charge on any atom is 0.271 e. The van der Waals surface area contributed by atoms with Gasteiger partial charge in [-0.1, -0.05) is 6.92 Å². The molecule has 5 nitrogen and oxygen atoms in total. The van der Waals surface area contributed by atoms with E-state index in [9.17, 15) is 4.79 Å². The van der Waals surface area contributed by atoms with Crippen molar-refractivity contribution in [3.05, 3.63) is 34.3 Å². The van der Waals surface area contributed by atoms with Crippen molar-refractivity contribution in [2.75, 3.05) is 13.1 Å². The summed E-state index contributed by atoms with van der Waals surface area (Å²) in [6, 6.07) is 0. The summed E-state index contributed by atoms with van der Waals surface area (Å²) in [5, 5.41) is 3.30. The van der Waals surface area contributed by atoms with E-state index in [2.05, 4.69) is 27.3 Å². The van der Waals surface area contributed by atoms with Crippen LogP contribution in [0.2, 0.25) is 0 Å². The highest BCUT2D eigenvalue weighted by Gasteiger charge is 2.27. The molecule has 3 rings (SSSR count). The molecule has 1 atom stereocenters. The number of aromatic nitrogens is 3. The Kier molecular flexibility index (Phi) is 3.82. The van der Waals surface area contributed by atoms with E-state index in [0.717, 1.165) is 38.0 Å².